The minimum Gasteiger partial charge on any atom is -0.308 e. The zero-order valence-electron chi connectivity index (χ0n) is 23.4. The van der Waals surface area contributed by atoms with Gasteiger partial charge in [-0.3, -0.25) is 4.98 Å². The van der Waals surface area contributed by atoms with Gasteiger partial charge in [0.1, 0.15) is 0 Å². The molecule has 44 heavy (non-hydrogen) atoms. The largest absolute Gasteiger partial charge is 0.308 e. The average Bonchev–Trinajstić information content (AvgIpc) is 3.64. The Bertz CT molecular complexity index is 2390. The lowest BCUT2D eigenvalue weighted by atomic mass is 10.1. The summed E-state index contributed by atoms with van der Waals surface area (Å²) in [6, 6.07) is 46.1. The number of para-hydroxylation sites is 1. The third-order valence-electron chi connectivity index (χ3n) is 8.10. The van der Waals surface area contributed by atoms with Crippen LogP contribution >= 0.6 is 11.3 Å². The van der Waals surface area contributed by atoms with Crippen LogP contribution in [0, 0.1) is 0 Å². The molecule has 4 aromatic heterocycles. The summed E-state index contributed by atoms with van der Waals surface area (Å²) in [5, 5.41) is 3.55. The van der Waals surface area contributed by atoms with Crippen LogP contribution in [-0.2, 0) is 0 Å². The molecule has 0 saturated carbocycles. The molecule has 0 N–H and O–H groups in total. The fourth-order valence-corrected chi connectivity index (χ4v) is 7.11. The van der Waals surface area contributed by atoms with E-state index in [1.54, 1.807) is 11.3 Å². The summed E-state index contributed by atoms with van der Waals surface area (Å²) in [5.74, 6) is 1.97. The highest BCUT2D eigenvalue weighted by Crippen LogP contribution is 2.39. The van der Waals surface area contributed by atoms with Gasteiger partial charge in [-0.1, -0.05) is 78.9 Å². The first-order valence-electron chi connectivity index (χ1n) is 14.5. The number of hydrogen-bond donors (Lipinski definition) is 0. The normalized spacial score (nSPS) is 11.6. The van der Waals surface area contributed by atoms with Crippen molar-refractivity contribution in [1.82, 2.24) is 24.5 Å². The average molecular weight is 582 g/mol. The van der Waals surface area contributed by atoms with Gasteiger partial charge in [0.15, 0.2) is 17.5 Å². The lowest BCUT2D eigenvalue weighted by Crippen LogP contribution is -2.00. The van der Waals surface area contributed by atoms with E-state index in [9.17, 15) is 0 Å². The van der Waals surface area contributed by atoms with E-state index in [0.29, 0.717) is 17.5 Å². The summed E-state index contributed by atoms with van der Waals surface area (Å²) in [4.78, 5) is 19.5. The standard InChI is InChI=1S/C38H23N5S/c1-3-10-24(11-4-1)36-40-37(25-12-5-2-6-13-25)42-38(41-36)26-17-19-33-29(22-26)30-23-27(18-20-34(30)44-33)43-31-15-8-7-14-28(31)35-32(43)16-9-21-39-35/h1-23H. The zero-order chi connectivity index (χ0) is 29.0. The number of hydrogen-bond acceptors (Lipinski definition) is 5. The summed E-state index contributed by atoms with van der Waals surface area (Å²) >= 11 is 1.80. The molecule has 6 heteroatoms. The van der Waals surface area contributed by atoms with E-state index in [4.69, 9.17) is 19.9 Å². The topological polar surface area (TPSA) is 56.5 Å². The van der Waals surface area contributed by atoms with Crippen molar-refractivity contribution in [3.63, 3.8) is 0 Å². The Morgan fingerprint density at radius 2 is 1.05 bits per heavy atom. The SMILES string of the molecule is c1ccc(-c2nc(-c3ccccc3)nc(-c3ccc4sc5ccc(-n6c7ccccc7c7ncccc76)cc5c4c3)n2)cc1. The molecule has 0 aliphatic heterocycles. The Hall–Kier alpha value is -5.72. The van der Waals surface area contributed by atoms with Gasteiger partial charge in [0.2, 0.25) is 0 Å². The van der Waals surface area contributed by atoms with Crippen molar-refractivity contribution in [2.45, 2.75) is 0 Å². The number of nitrogens with zero attached hydrogens (tertiary/aromatic N) is 5. The van der Waals surface area contributed by atoms with Crippen molar-refractivity contribution >= 4 is 53.4 Å². The monoisotopic (exact) mass is 581 g/mol. The highest BCUT2D eigenvalue weighted by Gasteiger charge is 2.16. The molecule has 9 rings (SSSR count). The summed E-state index contributed by atoms with van der Waals surface area (Å²) in [5.41, 5.74) is 7.24. The van der Waals surface area contributed by atoms with Gasteiger partial charge in [-0.2, -0.15) is 0 Å². The first-order valence-corrected chi connectivity index (χ1v) is 15.3. The van der Waals surface area contributed by atoms with Crippen LogP contribution in [0.25, 0.3) is 82.0 Å². The fraction of sp³-hybridized carbons (Fsp3) is 0. The summed E-state index contributed by atoms with van der Waals surface area (Å²) in [7, 11) is 0. The number of fused-ring (bicyclic) bond motifs is 6. The van der Waals surface area contributed by atoms with Crippen molar-refractivity contribution in [2.75, 3.05) is 0 Å². The third kappa shape index (κ3) is 4.00. The zero-order valence-corrected chi connectivity index (χ0v) is 24.2. The highest BCUT2D eigenvalue weighted by molar-refractivity contribution is 7.25. The van der Waals surface area contributed by atoms with Gasteiger partial charge in [-0.25, -0.2) is 15.0 Å². The van der Waals surface area contributed by atoms with Gasteiger partial charge in [0.25, 0.3) is 0 Å². The van der Waals surface area contributed by atoms with Gasteiger partial charge < -0.3 is 4.57 Å². The first kappa shape index (κ1) is 24.8. The van der Waals surface area contributed by atoms with Crippen LogP contribution in [0.2, 0.25) is 0 Å². The second-order valence-electron chi connectivity index (χ2n) is 10.8. The molecule has 0 aliphatic carbocycles. The number of benzene rings is 5. The molecule has 0 radical (unpaired) electrons. The minimum atomic E-state index is 0.656. The summed E-state index contributed by atoms with van der Waals surface area (Å²) in [6.07, 6.45) is 1.86. The van der Waals surface area contributed by atoms with Crippen molar-refractivity contribution in [3.8, 4) is 39.9 Å². The van der Waals surface area contributed by atoms with E-state index in [1.165, 1.54) is 20.2 Å². The first-order chi connectivity index (χ1) is 21.8. The van der Waals surface area contributed by atoms with Crippen LogP contribution in [-0.4, -0.2) is 24.5 Å². The molecule has 0 fully saturated rings. The minimum absolute atomic E-state index is 0.656. The molecule has 5 nitrogen and oxygen atoms in total. The maximum atomic E-state index is 4.97. The van der Waals surface area contributed by atoms with Gasteiger partial charge in [-0.05, 0) is 54.6 Å². The molecule has 206 valence electrons. The third-order valence-corrected chi connectivity index (χ3v) is 9.25. The van der Waals surface area contributed by atoms with Crippen LogP contribution in [0.15, 0.2) is 140 Å². The molecule has 0 amide bonds. The van der Waals surface area contributed by atoms with Gasteiger partial charge >= 0.3 is 0 Å². The Kier molecular flexibility index (Phi) is 5.61. The van der Waals surface area contributed by atoms with Crippen LogP contribution < -0.4 is 0 Å². The fourth-order valence-electron chi connectivity index (χ4n) is 6.04. The van der Waals surface area contributed by atoms with E-state index in [0.717, 1.165) is 44.3 Å². The Labute approximate surface area is 256 Å². The van der Waals surface area contributed by atoms with Gasteiger partial charge in [-0.15, -0.1) is 11.3 Å². The van der Waals surface area contributed by atoms with E-state index in [2.05, 4.69) is 71.3 Å². The Morgan fingerprint density at radius 1 is 0.455 bits per heavy atom. The number of thiophene rings is 1. The Balaban J connectivity index is 1.24. The van der Waals surface area contributed by atoms with Crippen molar-refractivity contribution in [1.29, 1.82) is 0 Å². The molecule has 0 spiro atoms. The maximum Gasteiger partial charge on any atom is 0.164 e. The molecule has 4 heterocycles. The van der Waals surface area contributed by atoms with Crippen LogP contribution in [0.4, 0.5) is 0 Å². The second-order valence-corrected chi connectivity index (χ2v) is 11.8. The summed E-state index contributed by atoms with van der Waals surface area (Å²) in [6.45, 7) is 0. The van der Waals surface area contributed by atoms with E-state index in [1.807, 2.05) is 72.9 Å². The molecule has 0 aliphatic rings. The lowest BCUT2D eigenvalue weighted by molar-refractivity contribution is 1.07. The molecule has 0 bridgehead atoms. The number of rotatable bonds is 4. The predicted molar refractivity (Wildman–Crippen MR) is 181 cm³/mol. The Morgan fingerprint density at radius 3 is 1.77 bits per heavy atom. The molecular weight excluding hydrogens is 559 g/mol. The van der Waals surface area contributed by atoms with Crippen LogP contribution in [0.1, 0.15) is 0 Å². The molecule has 5 aromatic carbocycles. The number of pyridine rings is 1. The maximum absolute atomic E-state index is 4.97. The lowest BCUT2D eigenvalue weighted by Gasteiger charge is -2.09. The smallest absolute Gasteiger partial charge is 0.164 e. The van der Waals surface area contributed by atoms with Crippen molar-refractivity contribution in [3.05, 3.63) is 140 Å². The molecular formula is C38H23N5S. The van der Waals surface area contributed by atoms with Crippen molar-refractivity contribution in [2.24, 2.45) is 0 Å². The van der Waals surface area contributed by atoms with E-state index in [-0.39, 0.29) is 0 Å². The summed E-state index contributed by atoms with van der Waals surface area (Å²) < 4.78 is 4.78. The molecule has 0 atom stereocenters. The highest BCUT2D eigenvalue weighted by atomic mass is 32.1. The molecule has 0 saturated heterocycles. The van der Waals surface area contributed by atoms with Gasteiger partial charge in [0.05, 0.1) is 16.6 Å². The second kappa shape index (κ2) is 9.93. The predicted octanol–water partition coefficient (Wildman–Crippen LogP) is 9.73. The number of aromatic nitrogens is 5. The quantitative estimate of drug-likeness (QED) is 0.208. The van der Waals surface area contributed by atoms with Gasteiger partial charge in [0, 0.05) is 54.1 Å². The van der Waals surface area contributed by atoms with Crippen molar-refractivity contribution < 1.29 is 0 Å². The molecule has 9 aromatic rings. The van der Waals surface area contributed by atoms with Crippen LogP contribution in [0.5, 0.6) is 0 Å². The molecule has 0 unspecified atom stereocenters. The van der Waals surface area contributed by atoms with E-state index >= 15 is 0 Å². The van der Waals surface area contributed by atoms with E-state index < -0.39 is 0 Å². The van der Waals surface area contributed by atoms with Crippen LogP contribution in [0.3, 0.4) is 0 Å².